The van der Waals surface area contributed by atoms with Gasteiger partial charge in [0.2, 0.25) is 0 Å². The number of alkyl halides is 3. The van der Waals surface area contributed by atoms with Gasteiger partial charge in [0.25, 0.3) is 5.56 Å². The van der Waals surface area contributed by atoms with Gasteiger partial charge in [0.05, 0.1) is 29.2 Å². The predicted octanol–water partition coefficient (Wildman–Crippen LogP) is 1.89. The standard InChI is InChI=1S/C12H9F3N2O3/c13-12(14,15)8-3-1-2-7-10(8)16-6-17(11(7)20)5-4-9(18)19/h1-3,6H,4-5H2,(H,18,19). The highest BCUT2D eigenvalue weighted by atomic mass is 19.4. The summed E-state index contributed by atoms with van der Waals surface area (Å²) in [5.74, 6) is -1.11. The molecule has 0 atom stereocenters. The van der Waals surface area contributed by atoms with E-state index in [1.807, 2.05) is 0 Å². The van der Waals surface area contributed by atoms with Crippen molar-refractivity contribution in [1.82, 2.24) is 9.55 Å². The fourth-order valence-corrected chi connectivity index (χ4v) is 1.79. The van der Waals surface area contributed by atoms with E-state index < -0.39 is 28.8 Å². The molecule has 1 aromatic heterocycles. The number of halogens is 3. The van der Waals surface area contributed by atoms with Crippen molar-refractivity contribution in [3.05, 3.63) is 40.4 Å². The van der Waals surface area contributed by atoms with Gasteiger partial charge in [0, 0.05) is 6.54 Å². The lowest BCUT2D eigenvalue weighted by molar-refractivity contribution is -0.137. The number of nitrogens with zero attached hydrogens (tertiary/aromatic N) is 2. The van der Waals surface area contributed by atoms with Gasteiger partial charge >= 0.3 is 12.1 Å². The second kappa shape index (κ2) is 4.95. The van der Waals surface area contributed by atoms with Crippen LogP contribution in [0.25, 0.3) is 10.9 Å². The Kier molecular flexibility index (Phi) is 3.47. The average molecular weight is 286 g/mol. The molecule has 0 aliphatic carbocycles. The summed E-state index contributed by atoms with van der Waals surface area (Å²) in [6.45, 7) is -0.145. The zero-order valence-corrected chi connectivity index (χ0v) is 10.0. The molecular formula is C12H9F3N2O3. The second-order valence-corrected chi connectivity index (χ2v) is 4.09. The van der Waals surface area contributed by atoms with Crippen molar-refractivity contribution < 1.29 is 23.1 Å². The largest absolute Gasteiger partial charge is 0.481 e. The number of aliphatic carboxylic acids is 1. The first-order valence-electron chi connectivity index (χ1n) is 5.58. The number of carbonyl (C=O) groups is 1. The smallest absolute Gasteiger partial charge is 0.418 e. The molecule has 5 nitrogen and oxygen atoms in total. The molecule has 0 bridgehead atoms. The lowest BCUT2D eigenvalue weighted by Crippen LogP contribution is -2.23. The Bertz CT molecular complexity index is 722. The summed E-state index contributed by atoms with van der Waals surface area (Å²) in [5, 5.41) is 8.36. The predicted molar refractivity (Wildman–Crippen MR) is 63.3 cm³/mol. The van der Waals surface area contributed by atoms with Crippen LogP contribution in [0, 0.1) is 0 Å². The van der Waals surface area contributed by atoms with Gasteiger partial charge in [0.1, 0.15) is 0 Å². The molecule has 0 fully saturated rings. The van der Waals surface area contributed by atoms with Gasteiger partial charge in [-0.25, -0.2) is 4.98 Å². The van der Waals surface area contributed by atoms with E-state index >= 15 is 0 Å². The van der Waals surface area contributed by atoms with Crippen molar-refractivity contribution in [3.63, 3.8) is 0 Å². The first-order valence-corrected chi connectivity index (χ1v) is 5.58. The minimum absolute atomic E-state index is 0.145. The molecule has 0 saturated heterocycles. The lowest BCUT2D eigenvalue weighted by Gasteiger charge is -2.10. The van der Waals surface area contributed by atoms with Gasteiger partial charge in [-0.3, -0.25) is 14.2 Å². The SMILES string of the molecule is O=C(O)CCn1cnc2c(C(F)(F)F)cccc2c1=O. The molecule has 1 aromatic carbocycles. The van der Waals surface area contributed by atoms with Crippen LogP contribution in [0.4, 0.5) is 13.2 Å². The maximum Gasteiger partial charge on any atom is 0.418 e. The molecule has 106 valence electrons. The minimum atomic E-state index is -4.60. The summed E-state index contributed by atoms with van der Waals surface area (Å²) in [4.78, 5) is 26.1. The molecule has 2 aromatic rings. The number of fused-ring (bicyclic) bond motifs is 1. The van der Waals surface area contributed by atoms with Crippen LogP contribution < -0.4 is 5.56 Å². The zero-order chi connectivity index (χ0) is 14.9. The normalized spacial score (nSPS) is 11.8. The summed E-state index contributed by atoms with van der Waals surface area (Å²) < 4.78 is 39.3. The van der Waals surface area contributed by atoms with Crippen molar-refractivity contribution in [3.8, 4) is 0 Å². The molecule has 0 aliphatic heterocycles. The Hall–Kier alpha value is -2.38. The molecule has 0 aliphatic rings. The van der Waals surface area contributed by atoms with E-state index in [0.29, 0.717) is 0 Å². The highest BCUT2D eigenvalue weighted by Crippen LogP contribution is 2.32. The zero-order valence-electron chi connectivity index (χ0n) is 10.0. The highest BCUT2D eigenvalue weighted by Gasteiger charge is 2.33. The van der Waals surface area contributed by atoms with Crippen LogP contribution in [0.1, 0.15) is 12.0 Å². The van der Waals surface area contributed by atoms with E-state index in [0.717, 1.165) is 23.0 Å². The van der Waals surface area contributed by atoms with Gasteiger partial charge in [-0.2, -0.15) is 13.2 Å². The quantitative estimate of drug-likeness (QED) is 0.935. The second-order valence-electron chi connectivity index (χ2n) is 4.09. The summed E-state index contributed by atoms with van der Waals surface area (Å²) in [6, 6.07) is 3.20. The summed E-state index contributed by atoms with van der Waals surface area (Å²) >= 11 is 0. The van der Waals surface area contributed by atoms with E-state index in [2.05, 4.69) is 4.98 Å². The number of aromatic nitrogens is 2. The summed E-state index contributed by atoms with van der Waals surface area (Å²) in [6.07, 6.45) is -3.99. The molecular weight excluding hydrogens is 277 g/mol. The van der Waals surface area contributed by atoms with E-state index in [1.165, 1.54) is 6.07 Å². The molecule has 0 spiro atoms. The van der Waals surface area contributed by atoms with Gasteiger partial charge in [0.15, 0.2) is 0 Å². The fraction of sp³-hybridized carbons (Fsp3) is 0.250. The van der Waals surface area contributed by atoms with Crippen LogP contribution in [-0.4, -0.2) is 20.6 Å². The van der Waals surface area contributed by atoms with Gasteiger partial charge < -0.3 is 5.11 Å². The molecule has 1 heterocycles. The molecule has 0 radical (unpaired) electrons. The Morgan fingerprint density at radius 1 is 1.35 bits per heavy atom. The first-order chi connectivity index (χ1) is 9.30. The van der Waals surface area contributed by atoms with Crippen LogP contribution in [0.3, 0.4) is 0 Å². The highest BCUT2D eigenvalue weighted by molar-refractivity contribution is 5.81. The summed E-state index contributed by atoms with van der Waals surface area (Å²) in [5.41, 5.74) is -2.11. The Balaban J connectivity index is 2.58. The fourth-order valence-electron chi connectivity index (χ4n) is 1.79. The van der Waals surface area contributed by atoms with Gasteiger partial charge in [-0.05, 0) is 12.1 Å². The molecule has 20 heavy (non-hydrogen) atoms. The maximum absolute atomic E-state index is 12.8. The van der Waals surface area contributed by atoms with E-state index in [-0.39, 0.29) is 18.4 Å². The van der Waals surface area contributed by atoms with Gasteiger partial charge in [-0.1, -0.05) is 6.07 Å². The van der Waals surface area contributed by atoms with E-state index in [1.54, 1.807) is 0 Å². The molecule has 1 N–H and O–H groups in total. The monoisotopic (exact) mass is 286 g/mol. The number of aryl methyl sites for hydroxylation is 1. The number of para-hydroxylation sites is 1. The van der Waals surface area contributed by atoms with E-state index in [9.17, 15) is 22.8 Å². The lowest BCUT2D eigenvalue weighted by atomic mass is 10.1. The van der Waals surface area contributed by atoms with Crippen molar-refractivity contribution in [2.24, 2.45) is 0 Å². The molecule has 0 unspecified atom stereocenters. The molecule has 0 saturated carbocycles. The van der Waals surface area contributed by atoms with Crippen molar-refractivity contribution in [1.29, 1.82) is 0 Å². The number of rotatable bonds is 3. The van der Waals surface area contributed by atoms with Crippen molar-refractivity contribution in [2.75, 3.05) is 0 Å². The number of hydrogen-bond donors (Lipinski definition) is 1. The Morgan fingerprint density at radius 3 is 2.65 bits per heavy atom. The van der Waals surface area contributed by atoms with Crippen LogP contribution in [0.15, 0.2) is 29.3 Å². The first kappa shape index (κ1) is 14.0. The number of carboxylic acid groups (broad SMARTS) is 1. The van der Waals surface area contributed by atoms with Gasteiger partial charge in [-0.15, -0.1) is 0 Å². The Morgan fingerprint density at radius 2 is 2.05 bits per heavy atom. The minimum Gasteiger partial charge on any atom is -0.481 e. The topological polar surface area (TPSA) is 72.2 Å². The van der Waals surface area contributed by atoms with Crippen LogP contribution in [0.2, 0.25) is 0 Å². The van der Waals surface area contributed by atoms with Crippen molar-refractivity contribution >= 4 is 16.9 Å². The third-order valence-electron chi connectivity index (χ3n) is 2.73. The van der Waals surface area contributed by atoms with E-state index in [4.69, 9.17) is 5.11 Å². The molecule has 0 amide bonds. The van der Waals surface area contributed by atoms with Crippen molar-refractivity contribution in [2.45, 2.75) is 19.1 Å². The third kappa shape index (κ3) is 2.63. The molecule has 2 rings (SSSR count). The van der Waals surface area contributed by atoms with Crippen LogP contribution in [-0.2, 0) is 17.5 Å². The van der Waals surface area contributed by atoms with Crippen LogP contribution in [0.5, 0.6) is 0 Å². The number of hydrogen-bond acceptors (Lipinski definition) is 3. The average Bonchev–Trinajstić information content (AvgIpc) is 2.36. The number of benzene rings is 1. The number of carboxylic acids is 1. The Labute approximate surface area is 110 Å². The van der Waals surface area contributed by atoms with Crippen LogP contribution >= 0.6 is 0 Å². The third-order valence-corrected chi connectivity index (χ3v) is 2.73. The summed E-state index contributed by atoms with van der Waals surface area (Å²) in [7, 11) is 0. The molecule has 8 heteroatoms. The maximum atomic E-state index is 12.8.